The first-order chi connectivity index (χ1) is 17.1. The minimum atomic E-state index is -0.472. The van der Waals surface area contributed by atoms with Crippen molar-refractivity contribution >= 4 is 62.4 Å². The molecule has 4 aromatic carbocycles. The molecule has 3 heterocycles. The van der Waals surface area contributed by atoms with Gasteiger partial charge < -0.3 is 18.9 Å². The van der Waals surface area contributed by atoms with E-state index in [0.717, 1.165) is 51.5 Å². The predicted molar refractivity (Wildman–Crippen MR) is 139 cm³/mol. The molecule has 6 nitrogen and oxygen atoms in total. The first-order valence-corrected chi connectivity index (χ1v) is 11.7. The molecule has 8 heteroatoms. The van der Waals surface area contributed by atoms with Gasteiger partial charge in [-0.3, -0.25) is 0 Å². The third kappa shape index (κ3) is 3.25. The maximum absolute atomic E-state index is 13.0. The number of aromatic nitrogens is 1. The molecule has 0 radical (unpaired) electrons. The molecular weight excluding hydrogens is 501 g/mol. The Kier molecular flexibility index (Phi) is 5.32. The van der Waals surface area contributed by atoms with Gasteiger partial charge in [0.2, 0.25) is 12.3 Å². The first-order valence-electron chi connectivity index (χ1n) is 11.3. The molecule has 0 atom stereocenters. The number of hydrogen-bond acceptors (Lipinski definition) is 5. The molecule has 0 bridgehead atoms. The molecule has 0 aliphatic carbocycles. The lowest BCUT2D eigenvalue weighted by Crippen LogP contribution is -2.38. The number of carbonyl (C=O) groups excluding carboxylic acids is 1. The van der Waals surface area contributed by atoms with Crippen LogP contribution < -0.4 is 23.5 Å². The molecule has 180 valence electrons. The van der Waals surface area contributed by atoms with E-state index >= 15 is 0 Å². The van der Waals surface area contributed by atoms with Crippen LogP contribution in [0.1, 0.15) is 15.9 Å². The molecule has 36 heavy (non-hydrogen) atoms. The van der Waals surface area contributed by atoms with Crippen molar-refractivity contribution < 1.29 is 28.3 Å². The average Bonchev–Trinajstić information content (AvgIpc) is 3.36. The number of esters is 1. The van der Waals surface area contributed by atoms with Crippen LogP contribution in [0.2, 0.25) is 5.02 Å². The van der Waals surface area contributed by atoms with E-state index in [4.69, 9.17) is 30.5 Å². The number of benzene rings is 4. The van der Waals surface area contributed by atoms with Gasteiger partial charge in [-0.1, -0.05) is 11.6 Å². The summed E-state index contributed by atoms with van der Waals surface area (Å²) in [6.07, 6.45) is 2.91. The minimum absolute atomic E-state index is 0. The first kappa shape index (κ1) is 22.7. The van der Waals surface area contributed by atoms with Crippen LogP contribution in [0, 0.1) is 0 Å². The van der Waals surface area contributed by atoms with Crippen LogP contribution in [0.4, 0.5) is 0 Å². The van der Waals surface area contributed by atoms with E-state index in [1.54, 1.807) is 31.4 Å². The molecule has 0 saturated heterocycles. The fourth-order valence-electron chi connectivity index (χ4n) is 5.24. The Morgan fingerprint density at radius 2 is 1.75 bits per heavy atom. The highest BCUT2D eigenvalue weighted by Crippen LogP contribution is 2.46. The fraction of sp³-hybridized carbons (Fsp3) is 0.143. The molecule has 5 aromatic rings. The van der Waals surface area contributed by atoms with Crippen LogP contribution in [-0.4, -0.2) is 19.9 Å². The number of rotatable bonds is 3. The summed E-state index contributed by atoms with van der Waals surface area (Å²) in [5, 5.41) is 5.64. The Morgan fingerprint density at radius 3 is 2.56 bits per heavy atom. The lowest BCUT2D eigenvalue weighted by Gasteiger charge is -2.18. The molecule has 2 aliphatic rings. The summed E-state index contributed by atoms with van der Waals surface area (Å²) in [5.41, 5.74) is 2.79. The second-order valence-corrected chi connectivity index (χ2v) is 9.12. The van der Waals surface area contributed by atoms with Gasteiger partial charge in [0.15, 0.2) is 35.7 Å². The zero-order valence-electron chi connectivity index (χ0n) is 19.2. The number of hydrogen-bond donors (Lipinski definition) is 0. The molecule has 0 saturated carbocycles. The van der Waals surface area contributed by atoms with Crippen LogP contribution in [0.3, 0.4) is 0 Å². The zero-order valence-corrected chi connectivity index (χ0v) is 20.7. The SMILES string of the molecule is COc1ccc2c(c[n+]3c4c2ccc2c5c(cc(c24)CC3)OCO5)c1OC(=O)c1ccc(Cl)cc1.Cl. The molecule has 0 N–H and O–H groups in total. The largest absolute Gasteiger partial charge is 0.493 e. The monoisotopic (exact) mass is 520 g/mol. The lowest BCUT2D eigenvalue weighted by molar-refractivity contribution is -0.670. The van der Waals surface area contributed by atoms with Gasteiger partial charge in [0.05, 0.1) is 28.8 Å². The Morgan fingerprint density at radius 1 is 0.972 bits per heavy atom. The number of nitrogens with zero attached hydrogens (tertiary/aromatic N) is 1. The topological polar surface area (TPSA) is 57.9 Å². The van der Waals surface area contributed by atoms with Gasteiger partial charge in [-0.25, -0.2) is 4.79 Å². The molecular formula is C28H20Cl2NO5+. The summed E-state index contributed by atoms with van der Waals surface area (Å²) < 4.78 is 25.2. The molecule has 0 unspecified atom stereocenters. The second kappa shape index (κ2) is 8.43. The number of methoxy groups -OCH3 is 1. The minimum Gasteiger partial charge on any atom is -0.493 e. The van der Waals surface area contributed by atoms with E-state index in [0.29, 0.717) is 22.1 Å². The summed E-state index contributed by atoms with van der Waals surface area (Å²) >= 11 is 5.98. The van der Waals surface area contributed by atoms with Crippen molar-refractivity contribution in [1.29, 1.82) is 0 Å². The molecule has 1 aromatic heterocycles. The molecule has 0 amide bonds. The van der Waals surface area contributed by atoms with Gasteiger partial charge in [-0.05, 0) is 60.2 Å². The lowest BCUT2D eigenvalue weighted by atomic mass is 9.93. The third-order valence-corrected chi connectivity index (χ3v) is 7.08. The smallest absolute Gasteiger partial charge is 0.343 e. The van der Waals surface area contributed by atoms with E-state index in [-0.39, 0.29) is 19.2 Å². The summed E-state index contributed by atoms with van der Waals surface area (Å²) in [7, 11) is 1.57. The van der Waals surface area contributed by atoms with Gasteiger partial charge in [-0.2, -0.15) is 4.57 Å². The average molecular weight is 521 g/mol. The Labute approximate surface area is 217 Å². The van der Waals surface area contributed by atoms with Crippen molar-refractivity contribution in [2.24, 2.45) is 0 Å². The van der Waals surface area contributed by atoms with Crippen LogP contribution in [0.25, 0.3) is 32.4 Å². The van der Waals surface area contributed by atoms with Crippen LogP contribution in [-0.2, 0) is 13.0 Å². The number of aryl methyl sites for hydroxylation is 2. The number of pyridine rings is 1. The molecule has 7 rings (SSSR count). The number of carbonyl (C=O) groups is 1. The number of ether oxygens (including phenoxy) is 4. The van der Waals surface area contributed by atoms with E-state index in [9.17, 15) is 4.79 Å². The number of halogens is 2. The van der Waals surface area contributed by atoms with Crippen molar-refractivity contribution in [2.45, 2.75) is 13.0 Å². The van der Waals surface area contributed by atoms with Crippen LogP contribution >= 0.6 is 24.0 Å². The standard InChI is InChI=1S/C28H19ClNO5.ClH/c1-32-22-9-8-18-19-6-7-20-24-16(12-23-26(20)34-14-33-23)10-11-30(25(19)24)13-21(18)27(22)35-28(31)15-2-4-17(29)5-3-15;/h2-9,12-13H,10-11,14H2,1H3;1H/q+1;. The Bertz CT molecular complexity index is 1720. The predicted octanol–water partition coefficient (Wildman–Crippen LogP) is 6.02. The highest BCUT2D eigenvalue weighted by molar-refractivity contribution is 6.30. The van der Waals surface area contributed by atoms with Gasteiger partial charge in [0.25, 0.3) is 0 Å². The van der Waals surface area contributed by atoms with Crippen molar-refractivity contribution in [3.63, 3.8) is 0 Å². The number of fused-ring (bicyclic) bond motifs is 4. The van der Waals surface area contributed by atoms with Crippen molar-refractivity contribution in [1.82, 2.24) is 0 Å². The summed E-state index contributed by atoms with van der Waals surface area (Å²) in [6.45, 7) is 1.03. The van der Waals surface area contributed by atoms with Crippen molar-refractivity contribution in [3.8, 4) is 23.0 Å². The van der Waals surface area contributed by atoms with Crippen LogP contribution in [0.5, 0.6) is 23.0 Å². The molecule has 0 fully saturated rings. The second-order valence-electron chi connectivity index (χ2n) is 8.68. The van der Waals surface area contributed by atoms with Gasteiger partial charge in [0, 0.05) is 22.2 Å². The van der Waals surface area contributed by atoms with Crippen molar-refractivity contribution in [3.05, 3.63) is 76.9 Å². The highest BCUT2D eigenvalue weighted by Gasteiger charge is 2.30. The Balaban J connectivity index is 0.00000240. The summed E-state index contributed by atoms with van der Waals surface area (Å²) in [4.78, 5) is 13.0. The molecule has 0 spiro atoms. The maximum Gasteiger partial charge on any atom is 0.343 e. The van der Waals surface area contributed by atoms with E-state index in [1.807, 2.05) is 12.1 Å². The van der Waals surface area contributed by atoms with Crippen LogP contribution in [0.15, 0.2) is 60.8 Å². The normalized spacial score (nSPS) is 13.3. The van der Waals surface area contributed by atoms with Gasteiger partial charge in [0.1, 0.15) is 0 Å². The van der Waals surface area contributed by atoms with E-state index in [2.05, 4.69) is 29.0 Å². The zero-order chi connectivity index (χ0) is 23.7. The maximum atomic E-state index is 13.0. The quantitative estimate of drug-likeness (QED) is 0.126. The fourth-order valence-corrected chi connectivity index (χ4v) is 5.36. The molecule has 2 aliphatic heterocycles. The van der Waals surface area contributed by atoms with Gasteiger partial charge in [-0.15, -0.1) is 12.4 Å². The summed E-state index contributed by atoms with van der Waals surface area (Å²) in [6, 6.07) is 16.8. The highest BCUT2D eigenvalue weighted by atomic mass is 35.5. The van der Waals surface area contributed by atoms with Crippen molar-refractivity contribution in [2.75, 3.05) is 13.9 Å². The Hall–Kier alpha value is -3.74. The van der Waals surface area contributed by atoms with E-state index < -0.39 is 5.97 Å². The van der Waals surface area contributed by atoms with Gasteiger partial charge >= 0.3 is 5.97 Å². The third-order valence-electron chi connectivity index (χ3n) is 6.83. The summed E-state index contributed by atoms with van der Waals surface area (Å²) in [5.74, 6) is 2.02. The van der Waals surface area contributed by atoms with E-state index in [1.165, 1.54) is 10.9 Å².